The average Bonchev–Trinajstić information content (AvgIpc) is 3.16. The summed E-state index contributed by atoms with van der Waals surface area (Å²) in [5.74, 6) is -0.635. The minimum absolute atomic E-state index is 0.0336. The number of halogens is 3. The molecule has 34 heavy (non-hydrogen) atoms. The van der Waals surface area contributed by atoms with Gasteiger partial charge in [-0.15, -0.1) is 0 Å². The number of alkyl halides is 3. The highest BCUT2D eigenvalue weighted by Gasteiger charge is 2.43. The van der Waals surface area contributed by atoms with Crippen LogP contribution in [-0.4, -0.2) is 72.6 Å². The molecule has 0 bridgehead atoms. The molecule has 0 aromatic heterocycles. The summed E-state index contributed by atoms with van der Waals surface area (Å²) in [6.07, 6.45) is -1.32. The molecule has 6 nitrogen and oxygen atoms in total. The maximum atomic E-state index is 13.2. The van der Waals surface area contributed by atoms with Gasteiger partial charge in [-0.1, -0.05) is 6.07 Å². The van der Waals surface area contributed by atoms with Crippen LogP contribution >= 0.6 is 0 Å². The largest absolute Gasteiger partial charge is 0.416 e. The van der Waals surface area contributed by atoms with Crippen molar-refractivity contribution in [2.24, 2.45) is 5.92 Å². The summed E-state index contributed by atoms with van der Waals surface area (Å²) in [4.78, 5) is 30.1. The van der Waals surface area contributed by atoms with Crippen molar-refractivity contribution in [3.8, 4) is 0 Å². The van der Waals surface area contributed by atoms with Gasteiger partial charge in [0.2, 0.25) is 5.91 Å². The van der Waals surface area contributed by atoms with E-state index in [1.165, 1.54) is 12.1 Å². The number of nitrogens with zero attached hydrogens (tertiary/aromatic N) is 2. The summed E-state index contributed by atoms with van der Waals surface area (Å²) in [6.45, 7) is 8.00. The molecule has 1 saturated heterocycles. The Morgan fingerprint density at radius 1 is 1.26 bits per heavy atom. The summed E-state index contributed by atoms with van der Waals surface area (Å²) in [5, 5.41) is 2.66. The third-order valence-corrected chi connectivity index (χ3v) is 7.24. The van der Waals surface area contributed by atoms with Crippen LogP contribution in [-0.2, 0) is 15.7 Å². The molecule has 9 heteroatoms. The third-order valence-electron chi connectivity index (χ3n) is 7.24. The number of hydrogen-bond donors (Lipinski definition) is 1. The summed E-state index contributed by atoms with van der Waals surface area (Å²) in [6, 6.07) is 4.42. The van der Waals surface area contributed by atoms with E-state index in [1.807, 2.05) is 11.8 Å². The van der Waals surface area contributed by atoms with Crippen LogP contribution in [0.5, 0.6) is 0 Å². The van der Waals surface area contributed by atoms with Gasteiger partial charge in [-0.3, -0.25) is 9.59 Å². The minimum Gasteiger partial charge on any atom is -0.381 e. The lowest BCUT2D eigenvalue weighted by atomic mass is 9.80. The third kappa shape index (κ3) is 6.10. The van der Waals surface area contributed by atoms with Crippen LogP contribution in [0.3, 0.4) is 0 Å². The van der Waals surface area contributed by atoms with Crippen LogP contribution < -0.4 is 5.32 Å². The molecule has 1 heterocycles. The van der Waals surface area contributed by atoms with Crippen molar-refractivity contribution in [1.82, 2.24) is 15.1 Å². The van der Waals surface area contributed by atoms with Crippen molar-refractivity contribution in [1.29, 1.82) is 0 Å². The van der Waals surface area contributed by atoms with Crippen LogP contribution in [0.4, 0.5) is 13.2 Å². The smallest absolute Gasteiger partial charge is 0.381 e. The number of rotatable bonds is 8. The first kappa shape index (κ1) is 26.5. The van der Waals surface area contributed by atoms with E-state index in [2.05, 4.69) is 31.1 Å². The highest BCUT2D eigenvalue weighted by atomic mass is 19.4. The maximum absolute atomic E-state index is 13.2. The zero-order valence-corrected chi connectivity index (χ0v) is 20.4. The predicted molar refractivity (Wildman–Crippen MR) is 123 cm³/mol. The lowest BCUT2D eigenvalue weighted by Gasteiger charge is -2.44. The van der Waals surface area contributed by atoms with Gasteiger partial charge in [-0.2, -0.15) is 13.2 Å². The molecular weight excluding hydrogens is 447 g/mol. The van der Waals surface area contributed by atoms with E-state index in [0.29, 0.717) is 38.3 Å². The SMILES string of the molecule is CCOC[C@H]1C[C@H](N(C)C(C)C)CC[C@@H]1N1CC[C@H](NC(=O)c2cccc(C(F)(F)F)c2)C1=O. The van der Waals surface area contributed by atoms with Crippen molar-refractivity contribution in [2.75, 3.05) is 26.8 Å². The van der Waals surface area contributed by atoms with E-state index >= 15 is 0 Å². The number of carbonyl (C=O) groups excluding carboxylic acids is 2. The van der Waals surface area contributed by atoms with Gasteiger partial charge in [0.15, 0.2) is 0 Å². The topological polar surface area (TPSA) is 61.9 Å². The Labute approximate surface area is 199 Å². The lowest BCUT2D eigenvalue weighted by Crippen LogP contribution is -2.52. The molecule has 1 aromatic rings. The first-order valence-corrected chi connectivity index (χ1v) is 12.1. The molecule has 0 radical (unpaired) electrons. The fraction of sp³-hybridized carbons (Fsp3) is 0.680. The van der Waals surface area contributed by atoms with E-state index < -0.39 is 23.7 Å². The van der Waals surface area contributed by atoms with Crippen LogP contribution in [0.15, 0.2) is 24.3 Å². The van der Waals surface area contributed by atoms with Gasteiger partial charge < -0.3 is 19.9 Å². The Kier molecular flexibility index (Phi) is 8.62. The molecule has 1 saturated carbocycles. The second-order valence-corrected chi connectivity index (χ2v) is 9.64. The lowest BCUT2D eigenvalue weighted by molar-refractivity contribution is -0.137. The molecule has 1 N–H and O–H groups in total. The standard InChI is InChI=1S/C25H36F3N3O3/c1-5-34-15-18-14-20(30(4)16(2)3)9-10-22(18)31-12-11-21(24(31)33)29-23(32)17-7-6-8-19(13-17)25(26,27)28/h6-8,13,16,18,20-22H,5,9-12,14-15H2,1-4H3,(H,29,32)/t18-,20-,21+,22+/m1/s1. The average molecular weight is 484 g/mol. The number of likely N-dealkylation sites (tertiary alicyclic amines) is 1. The number of benzene rings is 1. The molecule has 1 aliphatic carbocycles. The summed E-state index contributed by atoms with van der Waals surface area (Å²) in [5.41, 5.74) is -0.992. The van der Waals surface area contributed by atoms with Gasteiger partial charge in [0, 0.05) is 42.8 Å². The van der Waals surface area contributed by atoms with Gasteiger partial charge in [-0.05, 0) is 71.7 Å². The highest BCUT2D eigenvalue weighted by molar-refractivity contribution is 5.98. The monoisotopic (exact) mass is 483 g/mol. The summed E-state index contributed by atoms with van der Waals surface area (Å²) < 4.78 is 44.7. The van der Waals surface area contributed by atoms with Crippen LogP contribution in [0.2, 0.25) is 0 Å². The van der Waals surface area contributed by atoms with Crippen LogP contribution in [0.1, 0.15) is 62.4 Å². The van der Waals surface area contributed by atoms with Crippen molar-refractivity contribution < 1.29 is 27.5 Å². The van der Waals surface area contributed by atoms with Gasteiger partial charge in [0.25, 0.3) is 5.91 Å². The van der Waals surface area contributed by atoms with Crippen LogP contribution in [0.25, 0.3) is 0 Å². The molecule has 1 aromatic carbocycles. The van der Waals surface area contributed by atoms with Crippen molar-refractivity contribution in [3.63, 3.8) is 0 Å². The molecule has 2 aliphatic rings. The second kappa shape index (κ2) is 11.1. The number of ether oxygens (including phenoxy) is 1. The van der Waals surface area contributed by atoms with Crippen molar-refractivity contribution >= 4 is 11.8 Å². The Morgan fingerprint density at radius 3 is 2.65 bits per heavy atom. The quantitative estimate of drug-likeness (QED) is 0.608. The van der Waals surface area contributed by atoms with Gasteiger partial charge in [0.1, 0.15) is 6.04 Å². The van der Waals surface area contributed by atoms with Crippen molar-refractivity contribution in [2.45, 2.75) is 76.8 Å². The zero-order valence-electron chi connectivity index (χ0n) is 20.4. The molecule has 1 aliphatic heterocycles. The molecule has 0 unspecified atom stereocenters. The fourth-order valence-electron chi connectivity index (χ4n) is 5.12. The Balaban J connectivity index is 1.67. The number of hydrogen-bond acceptors (Lipinski definition) is 4. The Hall–Kier alpha value is -2.13. The molecule has 190 valence electrons. The maximum Gasteiger partial charge on any atom is 0.416 e. The summed E-state index contributed by atoms with van der Waals surface area (Å²) in [7, 11) is 2.13. The molecule has 0 spiro atoms. The van der Waals surface area contributed by atoms with Crippen molar-refractivity contribution in [3.05, 3.63) is 35.4 Å². The van der Waals surface area contributed by atoms with E-state index in [1.54, 1.807) is 0 Å². The fourth-order valence-corrected chi connectivity index (χ4v) is 5.12. The Bertz CT molecular complexity index is 861. The van der Waals surface area contributed by atoms with E-state index in [9.17, 15) is 22.8 Å². The van der Waals surface area contributed by atoms with Gasteiger partial charge in [-0.25, -0.2) is 0 Å². The molecule has 2 amide bonds. The van der Waals surface area contributed by atoms with E-state index in [-0.39, 0.29) is 23.4 Å². The molecule has 3 rings (SSSR count). The first-order chi connectivity index (χ1) is 16.0. The first-order valence-electron chi connectivity index (χ1n) is 12.1. The highest BCUT2D eigenvalue weighted by Crippen LogP contribution is 2.34. The van der Waals surface area contributed by atoms with Gasteiger partial charge in [0.05, 0.1) is 12.2 Å². The molecule has 2 fully saturated rings. The normalized spacial score (nSPS) is 25.9. The van der Waals surface area contributed by atoms with E-state index in [4.69, 9.17) is 4.74 Å². The van der Waals surface area contributed by atoms with E-state index in [0.717, 1.165) is 31.4 Å². The molecule has 4 atom stereocenters. The zero-order chi connectivity index (χ0) is 25.0. The van der Waals surface area contributed by atoms with Crippen LogP contribution in [0, 0.1) is 5.92 Å². The molecular formula is C25H36F3N3O3. The van der Waals surface area contributed by atoms with Gasteiger partial charge >= 0.3 is 6.18 Å². The summed E-state index contributed by atoms with van der Waals surface area (Å²) >= 11 is 0. The minimum atomic E-state index is -4.53. The Morgan fingerprint density at radius 2 is 2.00 bits per heavy atom. The predicted octanol–water partition coefficient (Wildman–Crippen LogP) is 3.95. The number of amides is 2. The second-order valence-electron chi connectivity index (χ2n) is 9.64. The number of nitrogens with one attached hydrogen (secondary N) is 1. The number of carbonyl (C=O) groups is 2.